The molecule has 4 aromatic carbocycles. The van der Waals surface area contributed by atoms with Crippen molar-refractivity contribution >= 4 is 95.9 Å². The summed E-state index contributed by atoms with van der Waals surface area (Å²) in [5.41, 5.74) is 6.45. The Hall–Kier alpha value is -9.48. The molecule has 0 atom stereocenters. The van der Waals surface area contributed by atoms with Crippen LogP contribution in [0.5, 0.6) is 0 Å². The minimum atomic E-state index is -0.250. The maximum atomic E-state index is 8.36. The molecule has 0 saturated heterocycles. The van der Waals surface area contributed by atoms with E-state index < -0.39 is 0 Å². The van der Waals surface area contributed by atoms with Crippen LogP contribution in [0.25, 0.3) is 89.7 Å². The van der Waals surface area contributed by atoms with Crippen LogP contribution < -0.4 is 0 Å². The summed E-state index contributed by atoms with van der Waals surface area (Å²) in [4.78, 5) is 104. The number of hydrogen-bond acceptors (Lipinski definition) is 14. The van der Waals surface area contributed by atoms with Gasteiger partial charge in [0.25, 0.3) is 51.8 Å². The molecule has 0 amide bonds. The molecule has 0 radical (unpaired) electrons. The SMILES string of the molecule is O=CO.O=CO.O=CO.O=CO.O=CO.O=CO.O=CO.O=CO.[Fe].c1ccc2c(c1)-c1nc-2nc2[nH]c(nc3nc(nc4[nH]c(n1)c1ccccc41)-c1ccccc1-3)c1ccccc21. The van der Waals surface area contributed by atoms with E-state index in [9.17, 15) is 0 Å². The Balaban J connectivity index is 0.00000139. The van der Waals surface area contributed by atoms with E-state index in [-0.39, 0.29) is 68.8 Å². The monoisotopic (exact) mass is 938 g/mol. The number of carboxylic acid groups (broad SMARTS) is 8. The minimum absolute atomic E-state index is 0. The Morgan fingerprint density at radius 2 is 0.446 bits per heavy atom. The van der Waals surface area contributed by atoms with E-state index >= 15 is 0 Å². The van der Waals surface area contributed by atoms with Gasteiger partial charge in [-0.1, -0.05) is 97.1 Å². The van der Waals surface area contributed by atoms with Gasteiger partial charge in [-0.2, -0.15) is 0 Å². The number of aromatic amines is 2. The number of H-pyrrole nitrogens is 2. The van der Waals surface area contributed by atoms with Crippen LogP contribution in [-0.4, -0.2) is 133 Å². The maximum absolute atomic E-state index is 8.36. The second-order valence-electron chi connectivity index (χ2n) is 10.6. The fourth-order valence-corrected chi connectivity index (χ4v) is 5.59. The summed E-state index contributed by atoms with van der Waals surface area (Å²) in [5.74, 6) is 2.39. The van der Waals surface area contributed by atoms with E-state index in [4.69, 9.17) is 109 Å². The first kappa shape index (κ1) is 55.5. The standard InChI is InChI=1S/C32H18N8.8CH2O2.Fe/c1-2-10-18-17(9-1)25-33-26(18)38-28-21-13-5-6-14-22(21)30(35-28)40-32-24-16-8-7-15-23(24)31(36-32)39-29-20-12-4-3-11-19(20)27(34-29)37-25;8*2-1-3;/h1-16H,(H2,33,34,35,36,37,38,39,40);8*1H,(H,2,3);. The molecule has 0 fully saturated rings. The molecule has 0 saturated carbocycles. The van der Waals surface area contributed by atoms with Crippen LogP contribution in [0, 0.1) is 0 Å². The molecule has 2 aliphatic rings. The Morgan fingerprint density at radius 1 is 0.292 bits per heavy atom. The van der Waals surface area contributed by atoms with E-state index in [1.165, 1.54) is 0 Å². The summed E-state index contributed by atoms with van der Waals surface area (Å²) in [6.07, 6.45) is 0. The van der Waals surface area contributed by atoms with Crippen LogP contribution in [-0.2, 0) is 55.4 Å². The van der Waals surface area contributed by atoms with Crippen molar-refractivity contribution in [3.8, 4) is 45.6 Å². The molecule has 65 heavy (non-hydrogen) atoms. The van der Waals surface area contributed by atoms with Gasteiger partial charge < -0.3 is 50.8 Å². The van der Waals surface area contributed by atoms with E-state index in [1.54, 1.807) is 0 Å². The molecular formula is C40H34FeN8O16. The minimum Gasteiger partial charge on any atom is -0.483 e. The molecule has 0 spiro atoms. The predicted octanol–water partition coefficient (Wildman–Crippen LogP) is 4.47. The molecule has 0 unspecified atom stereocenters. The molecule has 3 aromatic heterocycles. The number of aromatic nitrogens is 8. The molecule has 338 valence electrons. The molecule has 5 heterocycles. The van der Waals surface area contributed by atoms with Crippen molar-refractivity contribution in [1.29, 1.82) is 0 Å². The van der Waals surface area contributed by atoms with E-state index in [2.05, 4.69) is 9.97 Å². The van der Waals surface area contributed by atoms with Crippen LogP contribution in [0.1, 0.15) is 0 Å². The number of fused-ring (bicyclic) bond motifs is 20. The van der Waals surface area contributed by atoms with Crippen LogP contribution >= 0.6 is 0 Å². The van der Waals surface area contributed by atoms with Crippen LogP contribution in [0.15, 0.2) is 97.1 Å². The van der Waals surface area contributed by atoms with Gasteiger partial charge in [0, 0.05) is 60.9 Å². The van der Waals surface area contributed by atoms with Crippen molar-refractivity contribution in [2.24, 2.45) is 0 Å². The van der Waals surface area contributed by atoms with Gasteiger partial charge in [-0.3, -0.25) is 38.4 Å². The summed E-state index contributed by atoms with van der Waals surface area (Å²) in [7, 11) is 0. The van der Waals surface area contributed by atoms with Gasteiger partial charge in [-0.05, 0) is 0 Å². The predicted molar refractivity (Wildman–Crippen MR) is 226 cm³/mol. The van der Waals surface area contributed by atoms with Gasteiger partial charge in [-0.25, -0.2) is 29.9 Å². The van der Waals surface area contributed by atoms with Crippen molar-refractivity contribution in [3.63, 3.8) is 0 Å². The van der Waals surface area contributed by atoms with Gasteiger partial charge in [0.15, 0.2) is 23.3 Å². The number of carbonyl (C=O) groups is 8. The number of nitrogens with one attached hydrogen (secondary N) is 2. The Morgan fingerprint density at radius 3 is 0.615 bits per heavy atom. The second-order valence-corrected chi connectivity index (χ2v) is 10.6. The summed E-state index contributed by atoms with van der Waals surface area (Å²) < 4.78 is 0. The Bertz CT molecular complexity index is 2430. The third-order valence-corrected chi connectivity index (χ3v) is 7.46. The Labute approximate surface area is 373 Å². The largest absolute Gasteiger partial charge is 0.483 e. The number of hydrogen-bond donors (Lipinski definition) is 10. The summed E-state index contributed by atoms with van der Waals surface area (Å²) in [6.45, 7) is -2.00. The molecule has 24 nitrogen and oxygen atoms in total. The quantitative estimate of drug-likeness (QED) is 0.0740. The Kier molecular flexibility index (Phi) is 26.8. The van der Waals surface area contributed by atoms with Gasteiger partial charge in [0.1, 0.15) is 22.6 Å². The average Bonchev–Trinajstić information content (AvgIpc) is 4.02. The molecular weight excluding hydrogens is 904 g/mol. The number of nitrogens with zero attached hydrogens (tertiary/aromatic N) is 6. The van der Waals surface area contributed by atoms with E-state index in [1.807, 2.05) is 97.1 Å². The van der Waals surface area contributed by atoms with E-state index in [0.717, 1.165) is 43.8 Å². The first-order valence-electron chi connectivity index (χ1n) is 16.9. The van der Waals surface area contributed by atoms with Gasteiger partial charge in [0.05, 0.1) is 0 Å². The molecule has 2 aliphatic heterocycles. The van der Waals surface area contributed by atoms with Crippen molar-refractivity contribution in [2.75, 3.05) is 0 Å². The van der Waals surface area contributed by atoms with Crippen LogP contribution in [0.3, 0.4) is 0 Å². The first-order chi connectivity index (χ1) is 31.1. The molecule has 0 aliphatic carbocycles. The van der Waals surface area contributed by atoms with E-state index in [0.29, 0.717) is 45.9 Å². The van der Waals surface area contributed by atoms with Gasteiger partial charge in [0.2, 0.25) is 0 Å². The van der Waals surface area contributed by atoms with Gasteiger partial charge in [-0.15, -0.1) is 0 Å². The number of benzene rings is 4. The molecule has 8 bridgehead atoms. The first-order valence-corrected chi connectivity index (χ1v) is 16.9. The summed E-state index contributed by atoms with van der Waals surface area (Å²) >= 11 is 0. The zero-order chi connectivity index (χ0) is 47.9. The topological polar surface area (TPSA) is 407 Å². The molecule has 9 rings (SSSR count). The zero-order valence-corrected chi connectivity index (χ0v) is 33.8. The third kappa shape index (κ3) is 15.5. The van der Waals surface area contributed by atoms with Crippen molar-refractivity contribution in [1.82, 2.24) is 39.9 Å². The summed E-state index contributed by atoms with van der Waals surface area (Å²) in [6, 6.07) is 32.2. The average molecular weight is 939 g/mol. The van der Waals surface area contributed by atoms with Crippen LogP contribution in [0.4, 0.5) is 0 Å². The number of rotatable bonds is 0. The smallest absolute Gasteiger partial charge is 0.290 e. The van der Waals surface area contributed by atoms with Crippen molar-refractivity contribution in [2.45, 2.75) is 0 Å². The maximum Gasteiger partial charge on any atom is 0.290 e. The zero-order valence-electron chi connectivity index (χ0n) is 32.7. The van der Waals surface area contributed by atoms with Crippen molar-refractivity contribution in [3.05, 3.63) is 97.1 Å². The fourth-order valence-electron chi connectivity index (χ4n) is 5.59. The molecule has 10 N–H and O–H groups in total. The van der Waals surface area contributed by atoms with Gasteiger partial charge >= 0.3 is 0 Å². The fraction of sp³-hybridized carbons (Fsp3) is 0. The van der Waals surface area contributed by atoms with Crippen molar-refractivity contribution < 1.29 is 96.3 Å². The van der Waals surface area contributed by atoms with Crippen LogP contribution in [0.2, 0.25) is 0 Å². The molecule has 25 heteroatoms. The summed E-state index contributed by atoms with van der Waals surface area (Å²) in [5, 5.41) is 58.9. The molecule has 7 aromatic rings. The third-order valence-electron chi connectivity index (χ3n) is 7.46. The second kappa shape index (κ2) is 31.4. The normalized spacial score (nSPS) is 8.86.